The fourth-order valence-corrected chi connectivity index (χ4v) is 5.76. The normalized spacial score (nSPS) is 13.6. The Morgan fingerprint density at radius 3 is 2.68 bits per heavy atom. The van der Waals surface area contributed by atoms with Gasteiger partial charge in [-0.1, -0.05) is 30.5 Å². The standard InChI is InChI=1S/C27H26BrN3O2S/c1-18-8-11-20(12-9-18)31-26(32)25-21-6-4-2-3-5-7-24(21)34-27(25)30-17-19-10-13-23(22(28)16-19)33-15-14-29/h8-13,16-17H,2-7,15H2,1H3,(H,31,32). The highest BCUT2D eigenvalue weighted by Crippen LogP contribution is 2.39. The number of fused-ring (bicyclic) bond motifs is 1. The molecule has 0 aliphatic heterocycles. The summed E-state index contributed by atoms with van der Waals surface area (Å²) in [6.07, 6.45) is 8.35. The molecule has 0 fully saturated rings. The lowest BCUT2D eigenvalue weighted by atomic mass is 9.96. The van der Waals surface area contributed by atoms with Gasteiger partial charge in [0.05, 0.1) is 10.0 Å². The van der Waals surface area contributed by atoms with Crippen LogP contribution in [0.5, 0.6) is 5.75 Å². The van der Waals surface area contributed by atoms with Gasteiger partial charge in [-0.3, -0.25) is 4.79 Å². The maximum absolute atomic E-state index is 13.4. The summed E-state index contributed by atoms with van der Waals surface area (Å²) in [5.74, 6) is 0.506. The Balaban J connectivity index is 1.65. The minimum Gasteiger partial charge on any atom is -0.478 e. The van der Waals surface area contributed by atoms with Crippen molar-refractivity contribution in [2.45, 2.75) is 45.4 Å². The van der Waals surface area contributed by atoms with Gasteiger partial charge in [-0.15, -0.1) is 11.3 Å². The molecule has 34 heavy (non-hydrogen) atoms. The topological polar surface area (TPSA) is 74.5 Å². The van der Waals surface area contributed by atoms with Gasteiger partial charge in [0.25, 0.3) is 5.91 Å². The molecule has 4 rings (SSSR count). The van der Waals surface area contributed by atoms with Gasteiger partial charge in [-0.05, 0) is 90.0 Å². The van der Waals surface area contributed by atoms with E-state index in [1.54, 1.807) is 17.6 Å². The lowest BCUT2D eigenvalue weighted by Gasteiger charge is -2.12. The van der Waals surface area contributed by atoms with Crippen LogP contribution in [0.15, 0.2) is 51.9 Å². The fourth-order valence-electron chi connectivity index (χ4n) is 4.02. The van der Waals surface area contributed by atoms with Gasteiger partial charge >= 0.3 is 0 Å². The van der Waals surface area contributed by atoms with Crippen LogP contribution in [0, 0.1) is 18.3 Å². The Kier molecular flexibility index (Phi) is 8.15. The van der Waals surface area contributed by atoms with Crippen molar-refractivity contribution in [2.24, 2.45) is 4.99 Å². The maximum Gasteiger partial charge on any atom is 0.259 e. The predicted molar refractivity (Wildman–Crippen MR) is 142 cm³/mol. The van der Waals surface area contributed by atoms with Crippen LogP contribution < -0.4 is 10.1 Å². The van der Waals surface area contributed by atoms with Gasteiger partial charge in [0.15, 0.2) is 6.61 Å². The zero-order valence-corrected chi connectivity index (χ0v) is 21.5. The van der Waals surface area contributed by atoms with Gasteiger partial charge in [-0.2, -0.15) is 5.26 Å². The average molecular weight is 536 g/mol. The van der Waals surface area contributed by atoms with Crippen LogP contribution in [0.25, 0.3) is 0 Å². The fraction of sp³-hybridized carbons (Fsp3) is 0.296. The number of hydrogen-bond acceptors (Lipinski definition) is 5. The SMILES string of the molecule is Cc1ccc(NC(=O)c2c(N=Cc3ccc(OCC#N)c(Br)c3)sc3c2CCCCCC3)cc1. The molecule has 3 aromatic rings. The number of hydrogen-bond donors (Lipinski definition) is 1. The van der Waals surface area contributed by atoms with Gasteiger partial charge in [-0.25, -0.2) is 4.99 Å². The summed E-state index contributed by atoms with van der Waals surface area (Å²) in [7, 11) is 0. The first-order chi connectivity index (χ1) is 16.5. The van der Waals surface area contributed by atoms with Gasteiger partial charge in [0.1, 0.15) is 16.8 Å². The quantitative estimate of drug-likeness (QED) is 0.334. The van der Waals surface area contributed by atoms with E-state index in [4.69, 9.17) is 15.0 Å². The van der Waals surface area contributed by atoms with Gasteiger partial charge in [0.2, 0.25) is 0 Å². The maximum atomic E-state index is 13.4. The number of benzene rings is 2. The number of carbonyl (C=O) groups excluding carboxylic acids is 1. The number of nitrogens with zero attached hydrogens (tertiary/aromatic N) is 2. The van der Waals surface area contributed by atoms with Crippen LogP contribution in [0.3, 0.4) is 0 Å². The van der Waals surface area contributed by atoms with Crippen LogP contribution >= 0.6 is 27.3 Å². The van der Waals surface area contributed by atoms with E-state index in [0.29, 0.717) is 11.3 Å². The predicted octanol–water partition coefficient (Wildman–Crippen LogP) is 7.38. The van der Waals surface area contributed by atoms with Gasteiger partial charge < -0.3 is 10.1 Å². The summed E-state index contributed by atoms with van der Waals surface area (Å²) in [5.41, 5.74) is 4.67. The first-order valence-electron chi connectivity index (χ1n) is 11.4. The number of aliphatic imine (C=N–C) groups is 1. The number of nitriles is 1. The molecule has 2 aromatic carbocycles. The molecule has 0 unspecified atom stereocenters. The van der Waals surface area contributed by atoms with E-state index in [1.807, 2.05) is 55.5 Å². The molecule has 0 atom stereocenters. The van der Waals surface area contributed by atoms with E-state index in [-0.39, 0.29) is 12.5 Å². The highest BCUT2D eigenvalue weighted by Gasteiger charge is 2.24. The molecule has 1 aliphatic carbocycles. The van der Waals surface area contributed by atoms with Crippen LogP contribution in [0.4, 0.5) is 10.7 Å². The van der Waals surface area contributed by atoms with Crippen molar-refractivity contribution >= 4 is 50.1 Å². The third-order valence-electron chi connectivity index (χ3n) is 5.77. The third-order valence-corrected chi connectivity index (χ3v) is 7.59. The lowest BCUT2D eigenvalue weighted by molar-refractivity contribution is 0.102. The molecule has 0 spiro atoms. The number of amides is 1. The molecule has 0 radical (unpaired) electrons. The molecule has 1 N–H and O–H groups in total. The zero-order valence-electron chi connectivity index (χ0n) is 19.1. The largest absolute Gasteiger partial charge is 0.478 e. The smallest absolute Gasteiger partial charge is 0.259 e. The van der Waals surface area contributed by atoms with Crippen molar-refractivity contribution in [1.82, 2.24) is 0 Å². The Bertz CT molecular complexity index is 1240. The Morgan fingerprint density at radius 1 is 1.18 bits per heavy atom. The number of thiophene rings is 1. The molecule has 1 aromatic heterocycles. The number of carbonyl (C=O) groups is 1. The summed E-state index contributed by atoms with van der Waals surface area (Å²) in [5, 5.41) is 12.5. The molecule has 1 amide bonds. The van der Waals surface area contributed by atoms with Crippen molar-refractivity contribution < 1.29 is 9.53 Å². The second-order valence-electron chi connectivity index (χ2n) is 8.31. The number of rotatable bonds is 6. The zero-order chi connectivity index (χ0) is 23.9. The first-order valence-corrected chi connectivity index (χ1v) is 13.0. The minimum absolute atomic E-state index is 0.00770. The van der Waals surface area contributed by atoms with Crippen LogP contribution in [-0.2, 0) is 12.8 Å². The molecular weight excluding hydrogens is 510 g/mol. The summed E-state index contributed by atoms with van der Waals surface area (Å²) >= 11 is 5.12. The molecule has 1 aliphatic rings. The number of nitrogens with one attached hydrogen (secondary N) is 1. The minimum atomic E-state index is -0.101. The van der Waals surface area contributed by atoms with E-state index >= 15 is 0 Å². The average Bonchev–Trinajstić information content (AvgIpc) is 3.15. The van der Waals surface area contributed by atoms with Gasteiger partial charge in [0, 0.05) is 16.8 Å². The number of anilines is 1. The first kappa shape index (κ1) is 24.2. The molecule has 1 heterocycles. The Morgan fingerprint density at radius 2 is 1.94 bits per heavy atom. The molecule has 0 saturated heterocycles. The lowest BCUT2D eigenvalue weighted by Crippen LogP contribution is -2.14. The molecule has 0 saturated carbocycles. The monoisotopic (exact) mass is 535 g/mol. The Hall–Kier alpha value is -2.95. The van der Waals surface area contributed by atoms with Crippen molar-refractivity contribution in [3.05, 3.63) is 74.1 Å². The van der Waals surface area contributed by atoms with Crippen LogP contribution in [0.1, 0.15) is 57.6 Å². The molecular formula is C27H26BrN3O2S. The van der Waals surface area contributed by atoms with Crippen molar-refractivity contribution in [3.8, 4) is 11.8 Å². The highest BCUT2D eigenvalue weighted by molar-refractivity contribution is 9.10. The van der Waals surface area contributed by atoms with E-state index in [2.05, 4.69) is 21.2 Å². The molecule has 0 bridgehead atoms. The van der Waals surface area contributed by atoms with Crippen LogP contribution in [0.2, 0.25) is 0 Å². The summed E-state index contributed by atoms with van der Waals surface area (Å²) in [6, 6.07) is 15.4. The molecule has 5 nitrogen and oxygen atoms in total. The molecule has 7 heteroatoms. The number of halogens is 1. The van der Waals surface area contributed by atoms with E-state index < -0.39 is 0 Å². The van der Waals surface area contributed by atoms with E-state index in [1.165, 1.54) is 17.7 Å². The highest BCUT2D eigenvalue weighted by atomic mass is 79.9. The second-order valence-corrected chi connectivity index (χ2v) is 10.3. The second kappa shape index (κ2) is 11.5. The Labute approximate surface area is 212 Å². The molecule has 174 valence electrons. The van der Waals surface area contributed by atoms with E-state index in [9.17, 15) is 4.79 Å². The van der Waals surface area contributed by atoms with Crippen molar-refractivity contribution in [2.75, 3.05) is 11.9 Å². The summed E-state index contributed by atoms with van der Waals surface area (Å²) in [6.45, 7) is 2.02. The van der Waals surface area contributed by atoms with Crippen molar-refractivity contribution in [1.29, 1.82) is 5.26 Å². The third kappa shape index (κ3) is 5.94. The summed E-state index contributed by atoms with van der Waals surface area (Å²) in [4.78, 5) is 19.5. The number of aryl methyl sites for hydroxylation is 2. The van der Waals surface area contributed by atoms with E-state index in [0.717, 1.165) is 57.5 Å². The number of ether oxygens (including phenoxy) is 1. The van der Waals surface area contributed by atoms with Crippen LogP contribution in [-0.4, -0.2) is 18.7 Å². The summed E-state index contributed by atoms with van der Waals surface area (Å²) < 4.78 is 6.15. The van der Waals surface area contributed by atoms with Crippen molar-refractivity contribution in [3.63, 3.8) is 0 Å².